The van der Waals surface area contributed by atoms with Crippen LogP contribution in [0.5, 0.6) is 0 Å². The number of nitrogens with zero attached hydrogens (tertiary/aromatic N) is 3. The Kier molecular flexibility index (Phi) is 9.44. The Bertz CT molecular complexity index is 3040. The van der Waals surface area contributed by atoms with Crippen LogP contribution in [0.2, 0.25) is 0 Å². The van der Waals surface area contributed by atoms with Crippen molar-refractivity contribution in [2.24, 2.45) is 0 Å². The molecule has 0 radical (unpaired) electrons. The van der Waals surface area contributed by atoms with Crippen LogP contribution in [0, 0.1) is 0 Å². The first-order chi connectivity index (χ1) is 28.8. The summed E-state index contributed by atoms with van der Waals surface area (Å²) in [6.45, 7) is 27.9. The van der Waals surface area contributed by atoms with Gasteiger partial charge in [0.15, 0.2) is 0 Å². The van der Waals surface area contributed by atoms with Gasteiger partial charge in [-0.3, -0.25) is 0 Å². The first kappa shape index (κ1) is 40.4. The third-order valence-corrected chi connectivity index (χ3v) is 12.7. The van der Waals surface area contributed by atoms with E-state index in [2.05, 4.69) is 249 Å². The minimum absolute atomic E-state index is 0.00642. The standard InChI is InChI=1S/C58H61N3/c1-55(2,3)38-31-39(56(4,5)6)34-44(33-38)60-50-26-19-17-24-48(50)54-51(27-20-28-52(54)60)59(42-21-14-13-15-22-42)43-29-30-47-46-23-16-18-25-49(46)61(53(47)37-43)45-35-40(57(7,8)9)32-41(36-45)58(10,11)12/h13-37H,1-12H3. The topological polar surface area (TPSA) is 13.1 Å². The van der Waals surface area contributed by atoms with Gasteiger partial charge in [-0.05, 0) is 117 Å². The zero-order valence-electron chi connectivity index (χ0n) is 38.3. The van der Waals surface area contributed by atoms with Crippen LogP contribution in [0.1, 0.15) is 105 Å². The van der Waals surface area contributed by atoms with Gasteiger partial charge in [0.1, 0.15) is 0 Å². The molecule has 0 saturated carbocycles. The van der Waals surface area contributed by atoms with E-state index in [9.17, 15) is 0 Å². The molecule has 0 bridgehead atoms. The molecule has 0 atom stereocenters. The fourth-order valence-corrected chi connectivity index (χ4v) is 9.06. The summed E-state index contributed by atoms with van der Waals surface area (Å²) < 4.78 is 5.00. The number of hydrogen-bond acceptors (Lipinski definition) is 1. The predicted molar refractivity (Wildman–Crippen MR) is 265 cm³/mol. The maximum absolute atomic E-state index is 2.50. The number of fused-ring (bicyclic) bond motifs is 6. The monoisotopic (exact) mass is 799 g/mol. The lowest BCUT2D eigenvalue weighted by Gasteiger charge is -2.28. The van der Waals surface area contributed by atoms with Gasteiger partial charge in [0, 0.05) is 44.3 Å². The van der Waals surface area contributed by atoms with Crippen LogP contribution in [-0.2, 0) is 21.7 Å². The largest absolute Gasteiger partial charge is 0.310 e. The smallest absolute Gasteiger partial charge is 0.0562 e. The van der Waals surface area contributed by atoms with Gasteiger partial charge in [-0.1, -0.05) is 162 Å². The molecule has 7 aromatic carbocycles. The second-order valence-electron chi connectivity index (χ2n) is 21.3. The van der Waals surface area contributed by atoms with E-state index >= 15 is 0 Å². The van der Waals surface area contributed by atoms with Crippen molar-refractivity contribution in [2.75, 3.05) is 4.90 Å². The Morgan fingerprint density at radius 2 is 0.754 bits per heavy atom. The van der Waals surface area contributed by atoms with Gasteiger partial charge in [0.05, 0.1) is 27.8 Å². The molecular formula is C58H61N3. The number of rotatable bonds is 5. The average Bonchev–Trinajstić information content (AvgIpc) is 3.73. The Hall–Kier alpha value is -6.06. The van der Waals surface area contributed by atoms with E-state index in [0.29, 0.717) is 0 Å². The van der Waals surface area contributed by atoms with Gasteiger partial charge < -0.3 is 14.0 Å². The van der Waals surface area contributed by atoms with Crippen molar-refractivity contribution in [3.63, 3.8) is 0 Å². The predicted octanol–water partition coefficient (Wildman–Crippen LogP) is 16.5. The molecule has 0 aliphatic heterocycles. The first-order valence-electron chi connectivity index (χ1n) is 22.0. The lowest BCUT2D eigenvalue weighted by Crippen LogP contribution is -2.17. The Labute approximate surface area is 363 Å². The van der Waals surface area contributed by atoms with Crippen molar-refractivity contribution < 1.29 is 0 Å². The molecule has 0 amide bonds. The molecular weight excluding hydrogens is 739 g/mol. The van der Waals surface area contributed by atoms with Crippen molar-refractivity contribution in [1.29, 1.82) is 0 Å². The molecule has 308 valence electrons. The summed E-state index contributed by atoms with van der Waals surface area (Å²) in [6.07, 6.45) is 0. The highest BCUT2D eigenvalue weighted by Crippen LogP contribution is 2.46. The van der Waals surface area contributed by atoms with Crippen LogP contribution in [0.4, 0.5) is 17.1 Å². The molecule has 0 unspecified atom stereocenters. The zero-order valence-corrected chi connectivity index (χ0v) is 38.3. The zero-order chi connectivity index (χ0) is 43.2. The van der Waals surface area contributed by atoms with Crippen LogP contribution in [0.15, 0.2) is 152 Å². The number of hydrogen-bond donors (Lipinski definition) is 0. The van der Waals surface area contributed by atoms with E-state index in [4.69, 9.17) is 0 Å². The molecule has 9 aromatic rings. The lowest BCUT2D eigenvalue weighted by molar-refractivity contribution is 0.567. The summed E-state index contributed by atoms with van der Waals surface area (Å²) in [5.74, 6) is 0. The summed E-state index contributed by atoms with van der Waals surface area (Å²) in [5, 5.41) is 4.96. The van der Waals surface area contributed by atoms with Crippen molar-refractivity contribution >= 4 is 60.7 Å². The second kappa shape index (κ2) is 14.3. The maximum atomic E-state index is 2.50. The van der Waals surface area contributed by atoms with Crippen molar-refractivity contribution in [2.45, 2.75) is 105 Å². The molecule has 2 aromatic heterocycles. The molecule has 0 aliphatic carbocycles. The molecule has 61 heavy (non-hydrogen) atoms. The summed E-state index contributed by atoms with van der Waals surface area (Å²) in [5.41, 5.74) is 15.9. The molecule has 9 rings (SSSR count). The summed E-state index contributed by atoms with van der Waals surface area (Å²) in [4.78, 5) is 2.47. The Morgan fingerprint density at radius 1 is 0.328 bits per heavy atom. The number of aromatic nitrogens is 2. The van der Waals surface area contributed by atoms with Gasteiger partial charge in [-0.15, -0.1) is 0 Å². The molecule has 0 saturated heterocycles. The number of para-hydroxylation sites is 3. The first-order valence-corrected chi connectivity index (χ1v) is 22.0. The van der Waals surface area contributed by atoms with Gasteiger partial charge in [-0.25, -0.2) is 0 Å². The van der Waals surface area contributed by atoms with Crippen LogP contribution in [0.25, 0.3) is 55.0 Å². The van der Waals surface area contributed by atoms with Gasteiger partial charge in [0.25, 0.3) is 0 Å². The summed E-state index contributed by atoms with van der Waals surface area (Å²) in [7, 11) is 0. The highest BCUT2D eigenvalue weighted by atomic mass is 15.2. The average molecular weight is 800 g/mol. The lowest BCUT2D eigenvalue weighted by atomic mass is 9.80. The third-order valence-electron chi connectivity index (χ3n) is 12.7. The highest BCUT2D eigenvalue weighted by molar-refractivity contribution is 6.17. The SMILES string of the molecule is CC(C)(C)c1cc(-n2c3ccccc3c3ccc(N(c4ccccc4)c4cccc5c4c4ccccc4n5-c4cc(C(C)(C)C)cc(C(C)(C)C)c4)cc32)cc(C(C)(C)C)c1. The Morgan fingerprint density at radius 3 is 1.28 bits per heavy atom. The van der Waals surface area contributed by atoms with E-state index in [-0.39, 0.29) is 21.7 Å². The van der Waals surface area contributed by atoms with E-state index in [1.54, 1.807) is 0 Å². The molecule has 0 N–H and O–H groups in total. The normalized spacial score (nSPS) is 12.9. The van der Waals surface area contributed by atoms with Crippen molar-refractivity contribution in [3.8, 4) is 11.4 Å². The molecule has 2 heterocycles. The fourth-order valence-electron chi connectivity index (χ4n) is 9.06. The molecule has 3 heteroatoms. The molecule has 0 spiro atoms. The second-order valence-corrected chi connectivity index (χ2v) is 21.3. The molecule has 0 aliphatic rings. The van der Waals surface area contributed by atoms with Crippen LogP contribution < -0.4 is 4.90 Å². The van der Waals surface area contributed by atoms with Gasteiger partial charge >= 0.3 is 0 Å². The van der Waals surface area contributed by atoms with Crippen LogP contribution in [0.3, 0.4) is 0 Å². The van der Waals surface area contributed by atoms with Crippen molar-refractivity contribution in [3.05, 3.63) is 174 Å². The van der Waals surface area contributed by atoms with Crippen molar-refractivity contribution in [1.82, 2.24) is 9.13 Å². The van der Waals surface area contributed by atoms with Crippen LogP contribution in [-0.4, -0.2) is 9.13 Å². The minimum atomic E-state index is -0.00965. The van der Waals surface area contributed by atoms with E-state index < -0.39 is 0 Å². The molecule has 3 nitrogen and oxygen atoms in total. The van der Waals surface area contributed by atoms with E-state index in [1.807, 2.05) is 0 Å². The maximum Gasteiger partial charge on any atom is 0.0562 e. The number of benzene rings is 7. The van der Waals surface area contributed by atoms with E-state index in [1.165, 1.54) is 77.2 Å². The summed E-state index contributed by atoms with van der Waals surface area (Å²) >= 11 is 0. The highest BCUT2D eigenvalue weighted by Gasteiger charge is 2.27. The third kappa shape index (κ3) is 7.12. The number of anilines is 3. The Balaban J connectivity index is 1.34. The molecule has 0 fully saturated rings. The van der Waals surface area contributed by atoms with Crippen LogP contribution >= 0.6 is 0 Å². The minimum Gasteiger partial charge on any atom is -0.310 e. The summed E-state index contributed by atoms with van der Waals surface area (Å²) in [6, 6.07) is 57.1. The van der Waals surface area contributed by atoms with Gasteiger partial charge in [0.2, 0.25) is 0 Å². The quantitative estimate of drug-likeness (QED) is 0.169. The fraction of sp³-hybridized carbons (Fsp3) is 0.276. The van der Waals surface area contributed by atoms with Gasteiger partial charge in [-0.2, -0.15) is 0 Å². The van der Waals surface area contributed by atoms with E-state index in [0.717, 1.165) is 17.1 Å².